The molecule has 0 spiro atoms. The molecule has 1 aliphatic heterocycles. The van der Waals surface area contributed by atoms with Crippen LogP contribution in [0.15, 0.2) is 38.4 Å². The van der Waals surface area contributed by atoms with E-state index in [4.69, 9.17) is 16.1 Å². The third-order valence-corrected chi connectivity index (χ3v) is 4.64. The Morgan fingerprint density at radius 1 is 1.31 bits per heavy atom. The van der Waals surface area contributed by atoms with Gasteiger partial charge in [0, 0.05) is 12.2 Å². The fourth-order valence-electron chi connectivity index (χ4n) is 3.09. The van der Waals surface area contributed by atoms with Crippen LogP contribution < -0.4 is 11.2 Å². The Hall–Kier alpha value is -3.18. The molecule has 0 saturated carbocycles. The molecule has 0 aliphatic carbocycles. The van der Waals surface area contributed by atoms with Crippen LogP contribution in [0.1, 0.15) is 23.5 Å². The lowest BCUT2D eigenvalue weighted by Gasteiger charge is -2.09. The van der Waals surface area contributed by atoms with E-state index in [1.807, 2.05) is 6.07 Å². The van der Waals surface area contributed by atoms with Crippen molar-refractivity contribution in [1.29, 1.82) is 5.26 Å². The summed E-state index contributed by atoms with van der Waals surface area (Å²) in [5, 5.41) is 13.6. The number of fused-ring (bicyclic) bond motifs is 1. The molecule has 0 atom stereocenters. The van der Waals surface area contributed by atoms with Crippen LogP contribution in [0, 0.1) is 11.3 Å². The van der Waals surface area contributed by atoms with E-state index in [-0.39, 0.29) is 23.8 Å². The highest BCUT2D eigenvalue weighted by atomic mass is 35.5. The summed E-state index contributed by atoms with van der Waals surface area (Å²) < 4.78 is 7.63. The molecule has 130 valence electrons. The number of aromatic nitrogens is 4. The van der Waals surface area contributed by atoms with Gasteiger partial charge in [0.05, 0.1) is 17.1 Å². The second-order valence-corrected chi connectivity index (χ2v) is 6.27. The zero-order valence-corrected chi connectivity index (χ0v) is 14.2. The molecule has 1 aromatic carbocycles. The van der Waals surface area contributed by atoms with E-state index >= 15 is 0 Å². The number of hydrogen-bond donors (Lipinski definition) is 0. The van der Waals surface area contributed by atoms with Crippen LogP contribution in [0.5, 0.6) is 0 Å². The van der Waals surface area contributed by atoms with Crippen molar-refractivity contribution in [3.05, 3.63) is 67.2 Å². The van der Waals surface area contributed by atoms with Gasteiger partial charge in [0.1, 0.15) is 11.6 Å². The molecule has 9 heteroatoms. The molecule has 8 nitrogen and oxygen atoms in total. The molecule has 3 aromatic rings. The Morgan fingerprint density at radius 2 is 2.12 bits per heavy atom. The molecule has 4 rings (SSSR count). The second-order valence-electron chi connectivity index (χ2n) is 5.86. The van der Waals surface area contributed by atoms with Crippen LogP contribution in [0.4, 0.5) is 0 Å². The molecule has 2 aromatic heterocycles. The van der Waals surface area contributed by atoms with Gasteiger partial charge < -0.3 is 4.52 Å². The Balaban J connectivity index is 1.76. The summed E-state index contributed by atoms with van der Waals surface area (Å²) >= 11 is 6.11. The Morgan fingerprint density at radius 3 is 2.88 bits per heavy atom. The lowest BCUT2D eigenvalue weighted by molar-refractivity contribution is 0.418. The average molecular weight is 370 g/mol. The minimum atomic E-state index is -0.630. The second kappa shape index (κ2) is 6.28. The van der Waals surface area contributed by atoms with Crippen LogP contribution in [0.2, 0.25) is 5.02 Å². The van der Waals surface area contributed by atoms with Crippen molar-refractivity contribution in [2.24, 2.45) is 0 Å². The predicted octanol–water partition coefficient (Wildman–Crippen LogP) is 1.58. The fourth-order valence-corrected chi connectivity index (χ4v) is 3.31. The zero-order chi connectivity index (χ0) is 18.3. The van der Waals surface area contributed by atoms with E-state index in [2.05, 4.69) is 10.1 Å². The number of nitriles is 1. The summed E-state index contributed by atoms with van der Waals surface area (Å²) in [6.45, 7) is 0.306. The quantitative estimate of drug-likeness (QED) is 0.693. The summed E-state index contributed by atoms with van der Waals surface area (Å²) in [4.78, 5) is 29.3. The van der Waals surface area contributed by atoms with Gasteiger partial charge in [-0.25, -0.2) is 4.79 Å². The molecule has 26 heavy (non-hydrogen) atoms. The highest BCUT2D eigenvalue weighted by Crippen LogP contribution is 2.25. The first kappa shape index (κ1) is 16.3. The number of rotatable bonds is 3. The maximum Gasteiger partial charge on any atom is 0.331 e. The lowest BCUT2D eigenvalue weighted by atomic mass is 10.2. The van der Waals surface area contributed by atoms with Crippen LogP contribution in [-0.2, 0) is 19.5 Å². The number of benzene rings is 1. The van der Waals surface area contributed by atoms with Gasteiger partial charge in [-0.1, -0.05) is 28.9 Å². The van der Waals surface area contributed by atoms with Gasteiger partial charge in [-0.05, 0) is 25.0 Å². The number of halogens is 1. The van der Waals surface area contributed by atoms with Crippen LogP contribution >= 0.6 is 11.6 Å². The molecule has 0 unspecified atom stereocenters. The number of hydrogen-bond acceptors (Lipinski definition) is 6. The molecule has 0 amide bonds. The lowest BCUT2D eigenvalue weighted by Crippen LogP contribution is -2.42. The normalized spacial score (nSPS) is 12.8. The first-order valence-electron chi connectivity index (χ1n) is 7.94. The van der Waals surface area contributed by atoms with Gasteiger partial charge in [-0.15, -0.1) is 0 Å². The average Bonchev–Trinajstić information content (AvgIpc) is 3.29. The smallest absolute Gasteiger partial charge is 0.331 e. The standard InChI is InChI=1S/C17H12ClN5O3/c18-12-5-2-1-4-10(12)15-20-14(21-26-15)9-23-16(24)11(8-19)13-6-3-7-22(13)17(23)25/h1-2,4-5H,3,6-7,9H2. The van der Waals surface area contributed by atoms with Crippen molar-refractivity contribution in [2.45, 2.75) is 25.9 Å². The first-order valence-corrected chi connectivity index (χ1v) is 8.32. The van der Waals surface area contributed by atoms with E-state index < -0.39 is 11.2 Å². The van der Waals surface area contributed by atoms with E-state index in [0.29, 0.717) is 29.2 Å². The van der Waals surface area contributed by atoms with Gasteiger partial charge in [0.2, 0.25) is 0 Å². The van der Waals surface area contributed by atoms with Crippen molar-refractivity contribution in [1.82, 2.24) is 19.3 Å². The topological polar surface area (TPSA) is 107 Å². The summed E-state index contributed by atoms with van der Waals surface area (Å²) in [5.41, 5.74) is -0.0375. The largest absolute Gasteiger partial charge is 0.334 e. The van der Waals surface area contributed by atoms with E-state index in [0.717, 1.165) is 11.0 Å². The Bertz CT molecular complexity index is 1170. The summed E-state index contributed by atoms with van der Waals surface area (Å²) in [6, 6.07) is 8.89. The molecule has 0 radical (unpaired) electrons. The molecule has 0 N–H and O–H groups in total. The van der Waals surface area contributed by atoms with Crippen molar-refractivity contribution >= 4 is 11.6 Å². The third kappa shape index (κ3) is 2.53. The number of nitrogens with zero attached hydrogens (tertiary/aromatic N) is 5. The summed E-state index contributed by atoms with van der Waals surface area (Å²) in [5.74, 6) is 0.349. The monoisotopic (exact) mass is 369 g/mol. The highest BCUT2D eigenvalue weighted by molar-refractivity contribution is 6.33. The van der Waals surface area contributed by atoms with E-state index in [1.54, 1.807) is 24.3 Å². The predicted molar refractivity (Wildman–Crippen MR) is 91.8 cm³/mol. The summed E-state index contributed by atoms with van der Waals surface area (Å²) in [6.07, 6.45) is 1.28. The van der Waals surface area contributed by atoms with E-state index in [9.17, 15) is 14.9 Å². The SMILES string of the molecule is N#Cc1c2n(c(=O)n(Cc3noc(-c4ccccc4Cl)n3)c1=O)CCC2. The molecule has 0 fully saturated rings. The van der Waals surface area contributed by atoms with Crippen LogP contribution in [0.25, 0.3) is 11.5 Å². The van der Waals surface area contributed by atoms with Gasteiger partial charge in [-0.3, -0.25) is 13.9 Å². The Kier molecular flexibility index (Phi) is 3.93. The van der Waals surface area contributed by atoms with Crippen molar-refractivity contribution in [3.8, 4) is 17.5 Å². The van der Waals surface area contributed by atoms with Gasteiger partial charge >= 0.3 is 5.69 Å². The van der Waals surface area contributed by atoms with Gasteiger partial charge in [-0.2, -0.15) is 10.2 Å². The van der Waals surface area contributed by atoms with Crippen molar-refractivity contribution in [2.75, 3.05) is 0 Å². The minimum absolute atomic E-state index is 0.00285. The third-order valence-electron chi connectivity index (χ3n) is 4.31. The van der Waals surface area contributed by atoms with Crippen LogP contribution in [0.3, 0.4) is 0 Å². The fraction of sp³-hybridized carbons (Fsp3) is 0.235. The molecular weight excluding hydrogens is 358 g/mol. The first-order chi connectivity index (χ1) is 12.6. The maximum absolute atomic E-state index is 12.6. The van der Waals surface area contributed by atoms with Crippen LogP contribution in [-0.4, -0.2) is 19.3 Å². The summed E-state index contributed by atoms with van der Waals surface area (Å²) in [7, 11) is 0. The highest BCUT2D eigenvalue weighted by Gasteiger charge is 2.23. The zero-order valence-electron chi connectivity index (χ0n) is 13.5. The molecular formula is C17H12ClN5O3. The molecule has 3 heterocycles. The van der Waals surface area contributed by atoms with Crippen molar-refractivity contribution < 1.29 is 4.52 Å². The molecule has 0 bridgehead atoms. The Labute approximate surface area is 151 Å². The van der Waals surface area contributed by atoms with Crippen molar-refractivity contribution in [3.63, 3.8) is 0 Å². The van der Waals surface area contributed by atoms with Gasteiger partial charge in [0.15, 0.2) is 5.82 Å². The van der Waals surface area contributed by atoms with E-state index in [1.165, 1.54) is 4.57 Å². The minimum Gasteiger partial charge on any atom is -0.334 e. The molecule has 0 saturated heterocycles. The maximum atomic E-state index is 12.6. The molecule has 1 aliphatic rings. The van der Waals surface area contributed by atoms with Gasteiger partial charge in [0.25, 0.3) is 11.4 Å².